The third-order valence-electron chi connectivity index (χ3n) is 3.01. The Hall–Kier alpha value is -1.39. The average Bonchev–Trinajstić information content (AvgIpc) is 2.41. The average molecular weight is 248 g/mol. The van der Waals surface area contributed by atoms with Gasteiger partial charge in [-0.3, -0.25) is 10.2 Å². The second kappa shape index (κ2) is 7.13. The van der Waals surface area contributed by atoms with Crippen molar-refractivity contribution in [1.82, 2.24) is 10.4 Å². The molecule has 1 N–H and O–H groups in total. The number of nitrogens with one attached hydrogen (secondary N) is 1. The van der Waals surface area contributed by atoms with Crippen molar-refractivity contribution in [3.8, 4) is 0 Å². The molecule has 0 saturated carbocycles. The third kappa shape index (κ3) is 4.47. The van der Waals surface area contributed by atoms with E-state index in [0.717, 1.165) is 25.9 Å². The van der Waals surface area contributed by atoms with Crippen LogP contribution in [0.15, 0.2) is 30.3 Å². The molecule has 1 aliphatic rings. The Bertz CT molecular complexity index is 361. The fraction of sp³-hybridized carbons (Fsp3) is 0.500. The maximum Gasteiger partial charge on any atom is 0.234 e. The summed E-state index contributed by atoms with van der Waals surface area (Å²) in [6.45, 7) is 2.96. The lowest BCUT2D eigenvalue weighted by Crippen LogP contribution is -2.48. The quantitative estimate of drug-likeness (QED) is 0.855. The minimum atomic E-state index is 0.104. The van der Waals surface area contributed by atoms with E-state index >= 15 is 0 Å². The van der Waals surface area contributed by atoms with Gasteiger partial charge in [0.25, 0.3) is 0 Å². The van der Waals surface area contributed by atoms with Gasteiger partial charge in [-0.15, -0.1) is 0 Å². The van der Waals surface area contributed by atoms with Crippen molar-refractivity contribution in [2.75, 3.05) is 26.3 Å². The van der Waals surface area contributed by atoms with Crippen molar-refractivity contribution in [2.45, 2.75) is 19.3 Å². The van der Waals surface area contributed by atoms with Gasteiger partial charge in [-0.2, -0.15) is 0 Å². The first-order valence-corrected chi connectivity index (χ1v) is 6.51. The molecule has 1 aliphatic heterocycles. The first-order valence-electron chi connectivity index (χ1n) is 6.51. The zero-order chi connectivity index (χ0) is 12.6. The molecule has 98 valence electrons. The van der Waals surface area contributed by atoms with E-state index in [1.165, 1.54) is 5.56 Å². The van der Waals surface area contributed by atoms with Crippen LogP contribution in [-0.2, 0) is 16.0 Å². The van der Waals surface area contributed by atoms with Crippen molar-refractivity contribution in [2.24, 2.45) is 0 Å². The normalized spacial score (nSPS) is 16.4. The number of aryl methyl sites for hydroxylation is 1. The fourth-order valence-corrected chi connectivity index (χ4v) is 2.01. The number of benzene rings is 1. The Morgan fingerprint density at radius 1 is 1.22 bits per heavy atom. The number of hydrogen-bond donors (Lipinski definition) is 1. The smallest absolute Gasteiger partial charge is 0.234 e. The molecule has 1 fully saturated rings. The summed E-state index contributed by atoms with van der Waals surface area (Å²) in [5.41, 5.74) is 4.21. The lowest BCUT2D eigenvalue weighted by atomic mass is 10.1. The number of morpholine rings is 1. The Morgan fingerprint density at radius 3 is 2.67 bits per heavy atom. The molecule has 2 rings (SSSR count). The van der Waals surface area contributed by atoms with Gasteiger partial charge in [0.15, 0.2) is 0 Å². The molecule has 1 aromatic carbocycles. The van der Waals surface area contributed by atoms with E-state index in [2.05, 4.69) is 17.6 Å². The minimum Gasteiger partial charge on any atom is -0.379 e. The first kappa shape index (κ1) is 13.1. The van der Waals surface area contributed by atoms with E-state index in [1.807, 2.05) is 23.2 Å². The Kier molecular flexibility index (Phi) is 5.17. The molecule has 0 bridgehead atoms. The predicted octanol–water partition coefficient (Wildman–Crippen LogP) is 1.37. The van der Waals surface area contributed by atoms with Gasteiger partial charge in [-0.05, 0) is 18.4 Å². The summed E-state index contributed by atoms with van der Waals surface area (Å²) in [4.78, 5) is 11.7. The predicted molar refractivity (Wildman–Crippen MR) is 69.9 cm³/mol. The van der Waals surface area contributed by atoms with E-state index in [0.29, 0.717) is 19.6 Å². The number of carbonyl (C=O) groups is 1. The lowest BCUT2D eigenvalue weighted by Gasteiger charge is -2.26. The molecule has 4 heteroatoms. The number of amides is 1. The zero-order valence-corrected chi connectivity index (χ0v) is 10.6. The summed E-state index contributed by atoms with van der Waals surface area (Å²) < 4.78 is 5.23. The van der Waals surface area contributed by atoms with Gasteiger partial charge in [-0.25, -0.2) is 5.01 Å². The highest BCUT2D eigenvalue weighted by Crippen LogP contribution is 2.04. The van der Waals surface area contributed by atoms with Gasteiger partial charge in [0, 0.05) is 19.5 Å². The highest BCUT2D eigenvalue weighted by Gasteiger charge is 2.12. The second-order valence-corrected chi connectivity index (χ2v) is 4.47. The van der Waals surface area contributed by atoms with Gasteiger partial charge >= 0.3 is 0 Å². The second-order valence-electron chi connectivity index (χ2n) is 4.47. The summed E-state index contributed by atoms with van der Waals surface area (Å²) in [6.07, 6.45) is 2.42. The van der Waals surface area contributed by atoms with Crippen molar-refractivity contribution >= 4 is 5.91 Å². The first-order chi connectivity index (χ1) is 8.84. The topological polar surface area (TPSA) is 41.6 Å². The Balaban J connectivity index is 1.62. The van der Waals surface area contributed by atoms with Crippen molar-refractivity contribution in [3.05, 3.63) is 35.9 Å². The van der Waals surface area contributed by atoms with Crippen LogP contribution in [0.2, 0.25) is 0 Å². The van der Waals surface area contributed by atoms with Crippen LogP contribution in [0.1, 0.15) is 18.4 Å². The highest BCUT2D eigenvalue weighted by molar-refractivity contribution is 5.75. The number of hydrazine groups is 1. The van der Waals surface area contributed by atoms with Gasteiger partial charge < -0.3 is 4.74 Å². The van der Waals surface area contributed by atoms with E-state index in [9.17, 15) is 4.79 Å². The summed E-state index contributed by atoms with van der Waals surface area (Å²) in [7, 11) is 0. The number of hydrogen-bond acceptors (Lipinski definition) is 3. The molecule has 0 unspecified atom stereocenters. The molecule has 1 aromatic rings. The van der Waals surface area contributed by atoms with Crippen molar-refractivity contribution in [3.63, 3.8) is 0 Å². The zero-order valence-electron chi connectivity index (χ0n) is 10.6. The third-order valence-corrected chi connectivity index (χ3v) is 3.01. The van der Waals surface area contributed by atoms with Crippen LogP contribution in [0.3, 0.4) is 0 Å². The lowest BCUT2D eigenvalue weighted by molar-refractivity contribution is -0.128. The molecule has 0 spiro atoms. The van der Waals surface area contributed by atoms with Crippen LogP contribution in [-0.4, -0.2) is 37.2 Å². The van der Waals surface area contributed by atoms with E-state index in [-0.39, 0.29) is 5.91 Å². The van der Waals surface area contributed by atoms with Crippen LogP contribution in [0.4, 0.5) is 0 Å². The molecular formula is C14H20N2O2. The molecule has 1 heterocycles. The van der Waals surface area contributed by atoms with E-state index in [4.69, 9.17) is 4.74 Å². The maximum atomic E-state index is 11.7. The van der Waals surface area contributed by atoms with Crippen molar-refractivity contribution in [1.29, 1.82) is 0 Å². The molecule has 0 radical (unpaired) electrons. The van der Waals surface area contributed by atoms with Gasteiger partial charge in [0.05, 0.1) is 13.2 Å². The summed E-state index contributed by atoms with van der Waals surface area (Å²) >= 11 is 0. The van der Waals surface area contributed by atoms with E-state index in [1.54, 1.807) is 0 Å². The largest absolute Gasteiger partial charge is 0.379 e. The fourth-order valence-electron chi connectivity index (χ4n) is 2.01. The van der Waals surface area contributed by atoms with E-state index < -0.39 is 0 Å². The standard InChI is InChI=1S/C14H20N2O2/c17-14(15-16-9-11-18-12-10-16)8-4-7-13-5-2-1-3-6-13/h1-3,5-6H,4,7-12H2,(H,15,17). The molecule has 1 amide bonds. The molecule has 0 atom stereocenters. The number of nitrogens with zero attached hydrogens (tertiary/aromatic N) is 1. The summed E-state index contributed by atoms with van der Waals surface area (Å²) in [6, 6.07) is 10.3. The highest BCUT2D eigenvalue weighted by atomic mass is 16.5. The monoisotopic (exact) mass is 248 g/mol. The molecule has 18 heavy (non-hydrogen) atoms. The molecule has 1 saturated heterocycles. The molecule has 0 aromatic heterocycles. The van der Waals surface area contributed by atoms with Crippen LogP contribution < -0.4 is 5.43 Å². The van der Waals surface area contributed by atoms with Crippen LogP contribution >= 0.6 is 0 Å². The SMILES string of the molecule is O=C(CCCc1ccccc1)NN1CCOCC1. The number of carbonyl (C=O) groups excluding carboxylic acids is 1. The van der Waals surface area contributed by atoms with Crippen LogP contribution in [0.5, 0.6) is 0 Å². The number of rotatable bonds is 5. The minimum absolute atomic E-state index is 0.104. The van der Waals surface area contributed by atoms with Gasteiger partial charge in [0.2, 0.25) is 5.91 Å². The summed E-state index contributed by atoms with van der Waals surface area (Å²) in [5, 5.41) is 1.94. The number of ether oxygens (including phenoxy) is 1. The molecule has 0 aliphatic carbocycles. The van der Waals surface area contributed by atoms with Crippen LogP contribution in [0, 0.1) is 0 Å². The molecule has 4 nitrogen and oxygen atoms in total. The van der Waals surface area contributed by atoms with Crippen molar-refractivity contribution < 1.29 is 9.53 Å². The Morgan fingerprint density at radius 2 is 1.94 bits per heavy atom. The maximum absolute atomic E-state index is 11.7. The molecular weight excluding hydrogens is 228 g/mol. The Labute approximate surface area is 108 Å². The van der Waals surface area contributed by atoms with Gasteiger partial charge in [0.1, 0.15) is 0 Å². The summed E-state index contributed by atoms with van der Waals surface area (Å²) in [5.74, 6) is 0.104. The van der Waals surface area contributed by atoms with Crippen LogP contribution in [0.25, 0.3) is 0 Å². The van der Waals surface area contributed by atoms with Gasteiger partial charge in [-0.1, -0.05) is 30.3 Å².